The molecule has 1 atom stereocenters. The number of fused-ring (bicyclic) bond motifs is 1. The van der Waals surface area contributed by atoms with Crippen molar-refractivity contribution in [2.24, 2.45) is 11.8 Å². The Morgan fingerprint density at radius 1 is 1.38 bits per heavy atom. The van der Waals surface area contributed by atoms with Gasteiger partial charge in [0, 0.05) is 10.8 Å². The van der Waals surface area contributed by atoms with Crippen LogP contribution in [0.2, 0.25) is 0 Å². The molecule has 1 aromatic rings. The summed E-state index contributed by atoms with van der Waals surface area (Å²) in [5.74, 6) is -0.457. The van der Waals surface area contributed by atoms with Crippen LogP contribution >= 0.6 is 11.3 Å². The van der Waals surface area contributed by atoms with Crippen LogP contribution in [0.5, 0.6) is 0 Å². The van der Waals surface area contributed by atoms with E-state index in [1.807, 2.05) is 13.8 Å². The van der Waals surface area contributed by atoms with Crippen LogP contribution < -0.4 is 5.32 Å². The fourth-order valence-electron chi connectivity index (χ4n) is 2.94. The van der Waals surface area contributed by atoms with Gasteiger partial charge < -0.3 is 10.4 Å². The maximum Gasteiger partial charge on any atom is 0.339 e. The number of thiophene rings is 1. The molecule has 0 saturated heterocycles. The summed E-state index contributed by atoms with van der Waals surface area (Å²) in [6, 6.07) is 0. The van der Waals surface area contributed by atoms with E-state index >= 15 is 0 Å². The second-order valence-electron chi connectivity index (χ2n) is 5.86. The number of amides is 1. The SMILES string of the molecule is CCC(CC)C(=O)Nc1sc2c(c1C(=O)O)CCC(C)C2. The van der Waals surface area contributed by atoms with Gasteiger partial charge in [0.2, 0.25) is 5.91 Å². The topological polar surface area (TPSA) is 66.4 Å². The van der Waals surface area contributed by atoms with E-state index in [4.69, 9.17) is 0 Å². The lowest BCUT2D eigenvalue weighted by atomic mass is 9.88. The third kappa shape index (κ3) is 3.28. The van der Waals surface area contributed by atoms with Crippen LogP contribution in [0.1, 0.15) is 60.8 Å². The number of carboxylic acid groups (broad SMARTS) is 1. The first kappa shape index (κ1) is 16.0. The van der Waals surface area contributed by atoms with Crippen molar-refractivity contribution < 1.29 is 14.7 Å². The van der Waals surface area contributed by atoms with Gasteiger partial charge in [-0.3, -0.25) is 4.79 Å². The summed E-state index contributed by atoms with van der Waals surface area (Å²) < 4.78 is 0. The predicted molar refractivity (Wildman–Crippen MR) is 85.2 cm³/mol. The molecule has 1 aromatic heterocycles. The maximum atomic E-state index is 12.2. The molecule has 0 fully saturated rings. The molecule has 2 rings (SSSR count). The second kappa shape index (κ2) is 6.60. The predicted octanol–water partition coefficient (Wildman–Crippen LogP) is 3.95. The lowest BCUT2D eigenvalue weighted by Crippen LogP contribution is -2.22. The van der Waals surface area contributed by atoms with Crippen LogP contribution in [0.3, 0.4) is 0 Å². The van der Waals surface area contributed by atoms with E-state index in [-0.39, 0.29) is 11.8 Å². The molecule has 5 heteroatoms. The highest BCUT2D eigenvalue weighted by atomic mass is 32.1. The first-order chi connectivity index (χ1) is 9.97. The largest absolute Gasteiger partial charge is 0.478 e. The highest BCUT2D eigenvalue weighted by Gasteiger charge is 2.28. The maximum absolute atomic E-state index is 12.2. The van der Waals surface area contributed by atoms with E-state index in [1.165, 1.54) is 11.3 Å². The third-order valence-corrected chi connectivity index (χ3v) is 5.49. The third-order valence-electron chi connectivity index (χ3n) is 4.32. The van der Waals surface area contributed by atoms with Crippen molar-refractivity contribution in [3.63, 3.8) is 0 Å². The fourth-order valence-corrected chi connectivity index (χ4v) is 4.34. The van der Waals surface area contributed by atoms with Gasteiger partial charge in [0.05, 0.1) is 5.56 Å². The van der Waals surface area contributed by atoms with Crippen molar-refractivity contribution in [3.8, 4) is 0 Å². The van der Waals surface area contributed by atoms with Crippen molar-refractivity contribution in [1.29, 1.82) is 0 Å². The van der Waals surface area contributed by atoms with Crippen LogP contribution in [0.25, 0.3) is 0 Å². The van der Waals surface area contributed by atoms with E-state index in [0.717, 1.165) is 42.5 Å². The van der Waals surface area contributed by atoms with E-state index in [2.05, 4.69) is 12.2 Å². The molecule has 4 nitrogen and oxygen atoms in total. The first-order valence-corrected chi connectivity index (χ1v) is 8.48. The summed E-state index contributed by atoms with van der Waals surface area (Å²) in [4.78, 5) is 24.9. The number of aromatic carboxylic acids is 1. The van der Waals surface area contributed by atoms with Gasteiger partial charge in [-0.05, 0) is 43.6 Å². The molecule has 1 aliphatic rings. The molecule has 0 radical (unpaired) electrons. The molecule has 0 aliphatic heterocycles. The summed E-state index contributed by atoms with van der Waals surface area (Å²) >= 11 is 1.45. The van der Waals surface area contributed by atoms with Crippen LogP contribution in [0.15, 0.2) is 0 Å². The zero-order valence-electron chi connectivity index (χ0n) is 12.9. The van der Waals surface area contributed by atoms with Crippen LogP contribution in [-0.2, 0) is 17.6 Å². The van der Waals surface area contributed by atoms with Gasteiger partial charge in [-0.1, -0.05) is 20.8 Å². The van der Waals surface area contributed by atoms with Gasteiger partial charge in [-0.2, -0.15) is 0 Å². The number of carbonyl (C=O) groups excluding carboxylic acids is 1. The lowest BCUT2D eigenvalue weighted by Gasteiger charge is -2.17. The van der Waals surface area contributed by atoms with E-state index in [1.54, 1.807) is 0 Å². The number of nitrogens with one attached hydrogen (secondary N) is 1. The van der Waals surface area contributed by atoms with Crippen molar-refractivity contribution >= 4 is 28.2 Å². The molecule has 0 aromatic carbocycles. The van der Waals surface area contributed by atoms with Gasteiger partial charge in [-0.25, -0.2) is 4.79 Å². The van der Waals surface area contributed by atoms with Crippen molar-refractivity contribution in [3.05, 3.63) is 16.0 Å². The minimum Gasteiger partial charge on any atom is -0.478 e. The molecule has 21 heavy (non-hydrogen) atoms. The number of rotatable bonds is 5. The van der Waals surface area contributed by atoms with E-state index in [0.29, 0.717) is 16.5 Å². The van der Waals surface area contributed by atoms with E-state index < -0.39 is 5.97 Å². The zero-order valence-corrected chi connectivity index (χ0v) is 13.7. The first-order valence-electron chi connectivity index (χ1n) is 7.66. The van der Waals surface area contributed by atoms with Crippen molar-refractivity contribution in [2.45, 2.75) is 52.9 Å². The average molecular weight is 309 g/mol. The number of carbonyl (C=O) groups is 2. The highest BCUT2D eigenvalue weighted by molar-refractivity contribution is 7.17. The minimum atomic E-state index is -0.929. The molecule has 1 amide bonds. The molecule has 116 valence electrons. The summed E-state index contributed by atoms with van der Waals surface area (Å²) in [5, 5.41) is 12.9. The summed E-state index contributed by atoms with van der Waals surface area (Å²) in [5.41, 5.74) is 1.26. The normalized spacial score (nSPS) is 17.6. The van der Waals surface area contributed by atoms with Crippen LogP contribution in [0, 0.1) is 11.8 Å². The molecule has 2 N–H and O–H groups in total. The number of carboxylic acids is 1. The van der Waals surface area contributed by atoms with Gasteiger partial charge in [0.1, 0.15) is 5.00 Å². The summed E-state index contributed by atoms with van der Waals surface area (Å²) in [7, 11) is 0. The fraction of sp³-hybridized carbons (Fsp3) is 0.625. The molecular formula is C16H23NO3S. The minimum absolute atomic E-state index is 0.0512. The standard InChI is InChI=1S/C16H23NO3S/c1-4-10(5-2)14(18)17-15-13(16(19)20)11-7-6-9(3)8-12(11)21-15/h9-10H,4-8H2,1-3H3,(H,17,18)(H,19,20). The van der Waals surface area contributed by atoms with Crippen molar-refractivity contribution in [2.75, 3.05) is 5.32 Å². The number of hydrogen-bond donors (Lipinski definition) is 2. The highest BCUT2D eigenvalue weighted by Crippen LogP contribution is 2.39. The molecular weight excluding hydrogens is 286 g/mol. The zero-order chi connectivity index (χ0) is 15.6. The van der Waals surface area contributed by atoms with Gasteiger partial charge in [0.25, 0.3) is 0 Å². The monoisotopic (exact) mass is 309 g/mol. The average Bonchev–Trinajstić information content (AvgIpc) is 2.76. The lowest BCUT2D eigenvalue weighted by molar-refractivity contribution is -0.120. The Labute approximate surface area is 129 Å². The smallest absolute Gasteiger partial charge is 0.339 e. The van der Waals surface area contributed by atoms with E-state index in [9.17, 15) is 14.7 Å². The molecule has 1 aliphatic carbocycles. The van der Waals surface area contributed by atoms with Crippen LogP contribution in [-0.4, -0.2) is 17.0 Å². The molecule has 1 unspecified atom stereocenters. The molecule has 1 heterocycles. The summed E-state index contributed by atoms with van der Waals surface area (Å²) in [6.07, 6.45) is 4.28. The Morgan fingerprint density at radius 2 is 2.05 bits per heavy atom. The Balaban J connectivity index is 2.31. The number of anilines is 1. The van der Waals surface area contributed by atoms with Gasteiger partial charge in [0.15, 0.2) is 0 Å². The summed E-state index contributed by atoms with van der Waals surface area (Å²) in [6.45, 7) is 6.14. The molecule has 0 saturated carbocycles. The second-order valence-corrected chi connectivity index (χ2v) is 6.97. The molecule has 0 spiro atoms. The quantitative estimate of drug-likeness (QED) is 0.865. The molecule has 0 bridgehead atoms. The van der Waals surface area contributed by atoms with Gasteiger partial charge >= 0.3 is 5.97 Å². The number of hydrogen-bond acceptors (Lipinski definition) is 3. The Hall–Kier alpha value is -1.36. The Bertz CT molecular complexity index is 546. The van der Waals surface area contributed by atoms with Crippen molar-refractivity contribution in [1.82, 2.24) is 0 Å². The Kier molecular flexibility index (Phi) is 5.04. The van der Waals surface area contributed by atoms with Crippen LogP contribution in [0.4, 0.5) is 5.00 Å². The van der Waals surface area contributed by atoms with Gasteiger partial charge in [-0.15, -0.1) is 11.3 Å². The Morgan fingerprint density at radius 3 is 2.62 bits per heavy atom.